The molecule has 3 aromatic rings. The van der Waals surface area contributed by atoms with Gasteiger partial charge in [-0.15, -0.1) is 11.3 Å². The second-order valence-corrected chi connectivity index (χ2v) is 7.94. The van der Waals surface area contributed by atoms with Crippen molar-refractivity contribution in [2.75, 3.05) is 23.6 Å². The predicted octanol–water partition coefficient (Wildman–Crippen LogP) is 4.50. The van der Waals surface area contributed by atoms with Crippen molar-refractivity contribution in [3.8, 4) is 11.5 Å². The van der Waals surface area contributed by atoms with E-state index in [-0.39, 0.29) is 25.0 Å². The molecule has 0 aliphatic carbocycles. The highest BCUT2D eigenvalue weighted by Gasteiger charge is 2.19. The molecule has 2 amide bonds. The maximum Gasteiger partial charge on any atom is 0.257 e. The molecular weight excluding hydrogens is 414 g/mol. The number of thiazole rings is 1. The summed E-state index contributed by atoms with van der Waals surface area (Å²) in [5.74, 6) is 0.863. The van der Waals surface area contributed by atoms with Crippen LogP contribution < -0.4 is 19.7 Å². The summed E-state index contributed by atoms with van der Waals surface area (Å²) in [6.45, 7) is 2.92. The highest BCUT2D eigenvalue weighted by atomic mass is 32.1. The van der Waals surface area contributed by atoms with E-state index < -0.39 is 0 Å². The fourth-order valence-corrected chi connectivity index (χ4v) is 3.93. The molecule has 4 rings (SSSR count). The van der Waals surface area contributed by atoms with Gasteiger partial charge >= 0.3 is 0 Å². The first-order valence-corrected chi connectivity index (χ1v) is 11.0. The van der Waals surface area contributed by atoms with Gasteiger partial charge in [0.1, 0.15) is 0 Å². The SMILES string of the molecule is CCCCN(C(=O)Cc1csc(NC(=O)c2ccc3c(c2)OCO3)n1)c1ccccc1. The zero-order valence-corrected chi connectivity index (χ0v) is 18.0. The van der Waals surface area contributed by atoms with Gasteiger partial charge in [0.15, 0.2) is 16.6 Å². The maximum atomic E-state index is 13.0. The van der Waals surface area contributed by atoms with Gasteiger partial charge in [0, 0.05) is 23.2 Å². The number of aromatic nitrogens is 1. The highest BCUT2D eigenvalue weighted by Crippen LogP contribution is 2.32. The molecule has 0 fully saturated rings. The number of nitrogens with one attached hydrogen (secondary N) is 1. The van der Waals surface area contributed by atoms with E-state index >= 15 is 0 Å². The summed E-state index contributed by atoms with van der Waals surface area (Å²) in [5.41, 5.74) is 1.97. The Morgan fingerprint density at radius 3 is 2.74 bits per heavy atom. The molecule has 1 aliphatic heterocycles. The van der Waals surface area contributed by atoms with E-state index in [1.54, 1.807) is 28.5 Å². The van der Waals surface area contributed by atoms with Gasteiger partial charge in [-0.25, -0.2) is 4.98 Å². The number of carbonyl (C=O) groups is 2. The van der Waals surface area contributed by atoms with Crippen molar-refractivity contribution in [3.63, 3.8) is 0 Å². The third kappa shape index (κ3) is 5.03. The topological polar surface area (TPSA) is 80.8 Å². The number of amides is 2. The summed E-state index contributed by atoms with van der Waals surface area (Å²) in [6, 6.07) is 14.7. The number of hydrogen-bond donors (Lipinski definition) is 1. The summed E-state index contributed by atoms with van der Waals surface area (Å²) in [5, 5.41) is 5.04. The van der Waals surface area contributed by atoms with Crippen LogP contribution in [0.1, 0.15) is 35.8 Å². The van der Waals surface area contributed by atoms with E-state index in [9.17, 15) is 9.59 Å². The van der Waals surface area contributed by atoms with Crippen LogP contribution in [0.3, 0.4) is 0 Å². The van der Waals surface area contributed by atoms with Gasteiger partial charge in [-0.2, -0.15) is 0 Å². The van der Waals surface area contributed by atoms with Gasteiger partial charge in [0.25, 0.3) is 5.91 Å². The molecule has 0 saturated heterocycles. The molecule has 8 heteroatoms. The zero-order chi connectivity index (χ0) is 21.6. The Morgan fingerprint density at radius 1 is 1.13 bits per heavy atom. The Balaban J connectivity index is 1.40. The monoisotopic (exact) mass is 437 g/mol. The molecule has 2 aromatic carbocycles. The van der Waals surface area contributed by atoms with Crippen LogP contribution in [0, 0.1) is 0 Å². The van der Waals surface area contributed by atoms with Crippen LogP contribution >= 0.6 is 11.3 Å². The van der Waals surface area contributed by atoms with Gasteiger partial charge < -0.3 is 14.4 Å². The van der Waals surface area contributed by atoms with E-state index in [0.717, 1.165) is 18.5 Å². The van der Waals surface area contributed by atoms with Crippen LogP contribution in [-0.2, 0) is 11.2 Å². The van der Waals surface area contributed by atoms with E-state index in [4.69, 9.17) is 9.47 Å². The van der Waals surface area contributed by atoms with Gasteiger partial charge in [-0.1, -0.05) is 31.5 Å². The standard InChI is InChI=1S/C23H23N3O4S/c1-2-3-11-26(18-7-5-4-6-8-18)21(27)13-17-14-31-23(24-17)25-22(28)16-9-10-19-20(12-16)30-15-29-19/h4-10,12,14H,2-3,11,13,15H2,1H3,(H,24,25,28). The van der Waals surface area contributed by atoms with Crippen LogP contribution in [0.25, 0.3) is 0 Å². The number of para-hydroxylation sites is 1. The lowest BCUT2D eigenvalue weighted by atomic mass is 10.2. The Kier molecular flexibility index (Phi) is 6.47. The maximum absolute atomic E-state index is 13.0. The Hall–Kier alpha value is -3.39. The summed E-state index contributed by atoms with van der Waals surface area (Å²) < 4.78 is 10.6. The third-order valence-electron chi connectivity index (χ3n) is 4.84. The normalized spacial score (nSPS) is 11.9. The molecular formula is C23H23N3O4S. The first-order chi connectivity index (χ1) is 15.1. The highest BCUT2D eigenvalue weighted by molar-refractivity contribution is 7.14. The van der Waals surface area contributed by atoms with Crippen LogP contribution in [-0.4, -0.2) is 30.1 Å². The summed E-state index contributed by atoms with van der Waals surface area (Å²) in [7, 11) is 0. The van der Waals surface area contributed by atoms with E-state index in [1.165, 1.54) is 11.3 Å². The first kappa shape index (κ1) is 20.9. The minimum Gasteiger partial charge on any atom is -0.454 e. The average Bonchev–Trinajstić information content (AvgIpc) is 3.43. The molecule has 160 valence electrons. The molecule has 0 radical (unpaired) electrons. The van der Waals surface area contributed by atoms with E-state index in [2.05, 4.69) is 17.2 Å². The van der Waals surface area contributed by atoms with Crippen molar-refractivity contribution < 1.29 is 19.1 Å². The fraction of sp³-hybridized carbons (Fsp3) is 0.261. The smallest absolute Gasteiger partial charge is 0.257 e. The number of carbonyl (C=O) groups excluding carboxylic acids is 2. The van der Waals surface area contributed by atoms with Crippen LogP contribution in [0.4, 0.5) is 10.8 Å². The number of hydrogen-bond acceptors (Lipinski definition) is 6. The largest absolute Gasteiger partial charge is 0.454 e. The van der Waals surface area contributed by atoms with Crippen LogP contribution in [0.5, 0.6) is 11.5 Å². The minimum atomic E-state index is -0.292. The Labute approximate surface area is 184 Å². The second kappa shape index (κ2) is 9.61. The van der Waals surface area contributed by atoms with Crippen molar-refractivity contribution in [1.29, 1.82) is 0 Å². The first-order valence-electron chi connectivity index (χ1n) is 10.1. The second-order valence-electron chi connectivity index (χ2n) is 7.08. The molecule has 1 N–H and O–H groups in total. The average molecular weight is 438 g/mol. The van der Waals surface area contributed by atoms with Gasteiger partial charge in [0.2, 0.25) is 12.7 Å². The number of ether oxygens (including phenoxy) is 2. The van der Waals surface area contributed by atoms with Crippen molar-refractivity contribution in [3.05, 3.63) is 65.2 Å². The Bertz CT molecular complexity index is 1070. The third-order valence-corrected chi connectivity index (χ3v) is 5.65. The molecule has 7 nitrogen and oxygen atoms in total. The molecule has 0 spiro atoms. The molecule has 31 heavy (non-hydrogen) atoms. The lowest BCUT2D eigenvalue weighted by Crippen LogP contribution is -2.33. The fourth-order valence-electron chi connectivity index (χ4n) is 3.22. The number of rotatable bonds is 8. The molecule has 0 saturated carbocycles. The number of nitrogens with zero attached hydrogens (tertiary/aromatic N) is 2. The number of fused-ring (bicyclic) bond motifs is 1. The molecule has 2 heterocycles. The van der Waals surface area contributed by atoms with Crippen LogP contribution in [0.2, 0.25) is 0 Å². The van der Waals surface area contributed by atoms with E-state index in [1.807, 2.05) is 30.3 Å². The summed E-state index contributed by atoms with van der Waals surface area (Å²) in [4.78, 5) is 31.7. The van der Waals surface area contributed by atoms with Gasteiger partial charge in [-0.3, -0.25) is 14.9 Å². The van der Waals surface area contributed by atoms with Crippen molar-refractivity contribution >= 4 is 34.0 Å². The van der Waals surface area contributed by atoms with Crippen molar-refractivity contribution in [1.82, 2.24) is 4.98 Å². The predicted molar refractivity (Wildman–Crippen MR) is 120 cm³/mol. The summed E-state index contributed by atoms with van der Waals surface area (Å²) in [6.07, 6.45) is 2.10. The van der Waals surface area contributed by atoms with Crippen molar-refractivity contribution in [2.24, 2.45) is 0 Å². The molecule has 0 atom stereocenters. The van der Waals surface area contributed by atoms with Crippen molar-refractivity contribution in [2.45, 2.75) is 26.2 Å². The number of unbranched alkanes of at least 4 members (excludes halogenated alkanes) is 1. The molecule has 0 unspecified atom stereocenters. The minimum absolute atomic E-state index is 0.0152. The molecule has 1 aliphatic rings. The summed E-state index contributed by atoms with van der Waals surface area (Å²) >= 11 is 1.30. The quantitative estimate of drug-likeness (QED) is 0.561. The Morgan fingerprint density at radius 2 is 1.94 bits per heavy atom. The lowest BCUT2D eigenvalue weighted by molar-refractivity contribution is -0.118. The van der Waals surface area contributed by atoms with Crippen LogP contribution in [0.15, 0.2) is 53.9 Å². The number of benzene rings is 2. The number of anilines is 2. The van der Waals surface area contributed by atoms with Gasteiger partial charge in [-0.05, 0) is 36.8 Å². The zero-order valence-electron chi connectivity index (χ0n) is 17.2. The molecule has 1 aromatic heterocycles. The van der Waals surface area contributed by atoms with Gasteiger partial charge in [0.05, 0.1) is 12.1 Å². The lowest BCUT2D eigenvalue weighted by Gasteiger charge is -2.22. The molecule has 0 bridgehead atoms. The van der Waals surface area contributed by atoms with E-state index in [0.29, 0.717) is 34.4 Å².